The lowest BCUT2D eigenvalue weighted by atomic mass is 9.47. The van der Waals surface area contributed by atoms with Crippen LogP contribution in [0, 0.1) is 28.6 Å². The molecule has 5 atom stereocenters. The van der Waals surface area contributed by atoms with Crippen LogP contribution in [0.5, 0.6) is 0 Å². The first-order chi connectivity index (χ1) is 13.6. The van der Waals surface area contributed by atoms with E-state index in [1.807, 2.05) is 0 Å². The van der Waals surface area contributed by atoms with Crippen LogP contribution < -0.4 is 0 Å². The average molecular weight is 388 g/mol. The minimum atomic E-state index is -0.00578. The molecule has 0 aliphatic heterocycles. The average Bonchev–Trinajstić information content (AvgIpc) is 3.03. The van der Waals surface area contributed by atoms with Gasteiger partial charge in [0, 0.05) is 10.8 Å². The lowest BCUT2D eigenvalue weighted by molar-refractivity contribution is 0.00409. The summed E-state index contributed by atoms with van der Waals surface area (Å²) in [5, 5.41) is 12.9. The van der Waals surface area contributed by atoms with E-state index in [4.69, 9.17) is 14.5 Å². The third kappa shape index (κ3) is 2.87. The summed E-state index contributed by atoms with van der Waals surface area (Å²) in [6, 6.07) is 0. The standard InChI is InChI=1S/C22H33N3O3/c1-21-11-10-19-17(18(21)7-8-20(21)25-28-4)6-5-15-13-16(24-27-3)9-12-22(15,19)14-23-26-2/h13-14,17-19H,5-12H2,1-4H3/b23-14-,24-16+,25-20+/t17-,18-,19-,21-,22+/m0/s1. The fourth-order valence-corrected chi connectivity index (χ4v) is 6.91. The maximum atomic E-state index is 5.19. The van der Waals surface area contributed by atoms with E-state index in [2.05, 4.69) is 34.7 Å². The highest BCUT2D eigenvalue weighted by Gasteiger charge is 2.59. The highest BCUT2D eigenvalue weighted by atomic mass is 16.6. The highest BCUT2D eigenvalue weighted by Crippen LogP contribution is 2.64. The van der Waals surface area contributed by atoms with E-state index >= 15 is 0 Å². The first kappa shape index (κ1) is 19.5. The van der Waals surface area contributed by atoms with Gasteiger partial charge in [-0.05, 0) is 75.2 Å². The number of hydrogen-bond donors (Lipinski definition) is 0. The van der Waals surface area contributed by atoms with Crippen molar-refractivity contribution in [2.75, 3.05) is 21.3 Å². The summed E-state index contributed by atoms with van der Waals surface area (Å²) in [6.45, 7) is 2.42. The van der Waals surface area contributed by atoms with Crippen LogP contribution in [0.1, 0.15) is 58.3 Å². The van der Waals surface area contributed by atoms with E-state index in [9.17, 15) is 0 Å². The number of hydrogen-bond acceptors (Lipinski definition) is 6. The summed E-state index contributed by atoms with van der Waals surface area (Å²) in [4.78, 5) is 15.4. The van der Waals surface area contributed by atoms with Crippen LogP contribution in [0.3, 0.4) is 0 Å². The van der Waals surface area contributed by atoms with E-state index < -0.39 is 0 Å². The van der Waals surface area contributed by atoms with Crippen molar-refractivity contribution in [3.05, 3.63) is 11.6 Å². The van der Waals surface area contributed by atoms with Gasteiger partial charge in [-0.1, -0.05) is 28.0 Å². The summed E-state index contributed by atoms with van der Waals surface area (Å²) < 4.78 is 0. The Labute approximate surface area is 168 Å². The molecule has 6 nitrogen and oxygen atoms in total. The summed E-state index contributed by atoms with van der Waals surface area (Å²) in [7, 11) is 4.93. The maximum Gasteiger partial charge on any atom is 0.106 e. The zero-order valence-corrected chi connectivity index (χ0v) is 17.6. The van der Waals surface area contributed by atoms with Crippen molar-refractivity contribution in [3.8, 4) is 0 Å². The fraction of sp³-hybridized carbons (Fsp3) is 0.773. The number of rotatable bonds is 4. The first-order valence-electron chi connectivity index (χ1n) is 10.6. The second kappa shape index (κ2) is 7.53. The van der Waals surface area contributed by atoms with Gasteiger partial charge in [0.1, 0.15) is 21.3 Å². The number of nitrogens with zero attached hydrogens (tertiary/aromatic N) is 3. The van der Waals surface area contributed by atoms with E-state index in [1.54, 1.807) is 21.3 Å². The minimum Gasteiger partial charge on any atom is -0.399 e. The molecule has 0 heterocycles. The van der Waals surface area contributed by atoms with Crippen LogP contribution in [0.15, 0.2) is 27.1 Å². The molecule has 0 radical (unpaired) electrons. The molecular weight excluding hydrogens is 354 g/mol. The van der Waals surface area contributed by atoms with Crippen molar-refractivity contribution in [2.24, 2.45) is 44.1 Å². The molecule has 0 aromatic heterocycles. The van der Waals surface area contributed by atoms with Gasteiger partial charge in [0.25, 0.3) is 0 Å². The second-order valence-electron chi connectivity index (χ2n) is 9.02. The predicted octanol–water partition coefficient (Wildman–Crippen LogP) is 4.57. The van der Waals surface area contributed by atoms with E-state index in [0.717, 1.165) is 31.4 Å². The number of fused-ring (bicyclic) bond motifs is 5. The normalized spacial score (nSPS) is 42.7. The third-order valence-electron chi connectivity index (χ3n) is 8.12. The van der Waals surface area contributed by atoms with Gasteiger partial charge in [-0.25, -0.2) is 0 Å². The lowest BCUT2D eigenvalue weighted by Crippen LogP contribution is -2.52. The molecule has 0 aromatic carbocycles. The summed E-state index contributed by atoms with van der Waals surface area (Å²) >= 11 is 0. The molecule has 0 saturated heterocycles. The maximum absolute atomic E-state index is 5.19. The number of oxime groups is 3. The molecule has 4 aliphatic rings. The van der Waals surface area contributed by atoms with Crippen molar-refractivity contribution in [1.29, 1.82) is 0 Å². The largest absolute Gasteiger partial charge is 0.399 e. The van der Waals surface area contributed by atoms with Gasteiger partial charge in [0.2, 0.25) is 0 Å². The molecule has 154 valence electrons. The molecule has 3 saturated carbocycles. The van der Waals surface area contributed by atoms with E-state index in [0.29, 0.717) is 17.8 Å². The topological polar surface area (TPSA) is 64.8 Å². The minimum absolute atomic E-state index is 0.00578. The summed E-state index contributed by atoms with van der Waals surface area (Å²) in [5.41, 5.74) is 3.97. The SMILES string of the molecule is CO/N=C\[C@]12CC/C(=N\OC)C=C1CC[C@@H]1[C@@H]2CC[C@]2(C)/C(=N/OC)CC[C@@H]12. The molecular formula is C22H33N3O3. The molecule has 28 heavy (non-hydrogen) atoms. The van der Waals surface area contributed by atoms with Crippen molar-refractivity contribution in [2.45, 2.75) is 58.3 Å². The van der Waals surface area contributed by atoms with E-state index in [1.165, 1.54) is 37.0 Å². The van der Waals surface area contributed by atoms with Crippen molar-refractivity contribution >= 4 is 17.6 Å². The van der Waals surface area contributed by atoms with Gasteiger partial charge in [0.05, 0.1) is 17.6 Å². The van der Waals surface area contributed by atoms with Gasteiger partial charge in [-0.3, -0.25) is 0 Å². The molecule has 4 aliphatic carbocycles. The quantitative estimate of drug-likeness (QED) is 0.524. The molecule has 3 fully saturated rings. The molecule has 0 spiro atoms. The van der Waals surface area contributed by atoms with Gasteiger partial charge < -0.3 is 14.5 Å². The molecule has 0 amide bonds. The molecule has 0 bridgehead atoms. The zero-order valence-electron chi connectivity index (χ0n) is 17.6. The zero-order chi connectivity index (χ0) is 19.8. The second-order valence-corrected chi connectivity index (χ2v) is 9.02. The van der Waals surface area contributed by atoms with Crippen LogP contribution in [0.2, 0.25) is 0 Å². The Kier molecular flexibility index (Phi) is 5.23. The van der Waals surface area contributed by atoms with Crippen molar-refractivity contribution < 1.29 is 14.5 Å². The van der Waals surface area contributed by atoms with Gasteiger partial charge in [0.15, 0.2) is 0 Å². The Balaban J connectivity index is 1.71. The highest BCUT2D eigenvalue weighted by molar-refractivity contribution is 5.98. The predicted molar refractivity (Wildman–Crippen MR) is 110 cm³/mol. The Morgan fingerprint density at radius 1 is 0.929 bits per heavy atom. The van der Waals surface area contributed by atoms with Crippen LogP contribution in [0.25, 0.3) is 0 Å². The molecule has 6 heteroatoms. The van der Waals surface area contributed by atoms with Crippen molar-refractivity contribution in [3.63, 3.8) is 0 Å². The Morgan fingerprint density at radius 2 is 1.75 bits per heavy atom. The number of allylic oxidation sites excluding steroid dienone is 2. The summed E-state index contributed by atoms with van der Waals surface area (Å²) in [5.74, 6) is 1.99. The Bertz CT molecular complexity index is 729. The van der Waals surface area contributed by atoms with Crippen LogP contribution >= 0.6 is 0 Å². The Morgan fingerprint density at radius 3 is 2.50 bits per heavy atom. The van der Waals surface area contributed by atoms with Gasteiger partial charge in [-0.15, -0.1) is 0 Å². The van der Waals surface area contributed by atoms with Gasteiger partial charge in [-0.2, -0.15) is 0 Å². The van der Waals surface area contributed by atoms with Crippen LogP contribution in [0.4, 0.5) is 0 Å². The monoisotopic (exact) mass is 387 g/mol. The molecule has 0 unspecified atom stereocenters. The van der Waals surface area contributed by atoms with Crippen molar-refractivity contribution in [1.82, 2.24) is 0 Å². The molecule has 0 N–H and O–H groups in total. The Hall–Kier alpha value is -1.85. The molecule has 0 aromatic rings. The molecule has 4 rings (SSSR count). The van der Waals surface area contributed by atoms with Crippen LogP contribution in [-0.4, -0.2) is 39.0 Å². The van der Waals surface area contributed by atoms with Gasteiger partial charge >= 0.3 is 0 Å². The van der Waals surface area contributed by atoms with Crippen LogP contribution in [-0.2, 0) is 14.5 Å². The smallest absolute Gasteiger partial charge is 0.106 e. The third-order valence-corrected chi connectivity index (χ3v) is 8.12. The first-order valence-corrected chi connectivity index (χ1v) is 10.6. The summed E-state index contributed by atoms with van der Waals surface area (Å²) in [6.07, 6.45) is 13.4. The van der Waals surface area contributed by atoms with E-state index in [-0.39, 0.29) is 10.8 Å². The lowest BCUT2D eigenvalue weighted by Gasteiger charge is -2.56. The fourth-order valence-electron chi connectivity index (χ4n) is 6.91.